The van der Waals surface area contributed by atoms with Crippen LogP contribution in [0.25, 0.3) is 72.7 Å². The van der Waals surface area contributed by atoms with Crippen LogP contribution in [-0.2, 0) is 10.8 Å². The molecule has 0 fully saturated rings. The highest BCUT2D eigenvalue weighted by Crippen LogP contribution is 2.67. The molecule has 0 aliphatic heterocycles. The molecule has 454 valence electrons. The van der Waals surface area contributed by atoms with Crippen molar-refractivity contribution in [2.24, 2.45) is 0 Å². The smallest absolute Gasteiger partial charge is 0.270 e. The molecule has 0 spiro atoms. The molecule has 13 heteroatoms. The first-order chi connectivity index (χ1) is 42.9. The van der Waals surface area contributed by atoms with Gasteiger partial charge in [-0.15, -0.1) is 68.0 Å². The van der Waals surface area contributed by atoms with Gasteiger partial charge in [0.2, 0.25) is 11.6 Å². The number of nitriles is 2. The number of aryl methyl sites for hydroxylation is 1. The summed E-state index contributed by atoms with van der Waals surface area (Å²) in [7, 11) is 0. The van der Waals surface area contributed by atoms with Crippen molar-refractivity contribution >= 4 is 133 Å². The molecule has 6 heterocycles. The normalized spacial score (nSPS) is 16.9. The summed E-state index contributed by atoms with van der Waals surface area (Å²) in [5.41, 5.74) is 11.3. The molecule has 11 rings (SSSR count). The molecule has 6 nitrogen and oxygen atoms in total. The molecule has 7 aromatic rings. The number of rotatable bonds is 30. The third-order valence-corrected chi connectivity index (χ3v) is 26.4. The third-order valence-electron chi connectivity index (χ3n) is 19.2. The molecule has 4 aliphatic carbocycles. The van der Waals surface area contributed by atoms with E-state index in [2.05, 4.69) is 73.8 Å². The first-order valence-electron chi connectivity index (χ1n) is 32.7. The molecular formula is C75H79ClN4O2S6. The fraction of sp³-hybridized carbons (Fsp3) is 0.467. The van der Waals surface area contributed by atoms with Crippen LogP contribution < -0.4 is 0 Å². The maximum Gasteiger partial charge on any atom is 0.270 e. The number of halogens is 1. The molecule has 4 aliphatic rings. The van der Waals surface area contributed by atoms with Crippen LogP contribution in [0.3, 0.4) is 0 Å². The van der Waals surface area contributed by atoms with Gasteiger partial charge in [0.25, 0.3) is 11.4 Å². The van der Waals surface area contributed by atoms with E-state index < -0.39 is 0 Å². The highest BCUT2D eigenvalue weighted by atomic mass is 35.5. The highest BCUT2D eigenvalue weighted by molar-refractivity contribution is 7.31. The number of Topliss-reactive ketones (excluding diaryl/α,β-unsaturated/α-hetero) is 2. The van der Waals surface area contributed by atoms with E-state index in [9.17, 15) is 20.1 Å². The van der Waals surface area contributed by atoms with Crippen LogP contribution in [0.2, 0.25) is 4.34 Å². The quantitative estimate of drug-likeness (QED) is 0.0194. The molecule has 0 amide bonds. The van der Waals surface area contributed by atoms with E-state index in [0.717, 1.165) is 66.0 Å². The minimum Gasteiger partial charge on any atom is -0.288 e. The summed E-state index contributed by atoms with van der Waals surface area (Å²) < 4.78 is 5.58. The van der Waals surface area contributed by atoms with Crippen LogP contribution in [0.5, 0.6) is 0 Å². The number of unbranched alkanes of at least 4 members (excludes halogenated alkanes) is 20. The van der Waals surface area contributed by atoms with Crippen molar-refractivity contribution in [1.82, 2.24) is 0 Å². The maximum absolute atomic E-state index is 14.4. The van der Waals surface area contributed by atoms with Gasteiger partial charge in [0.1, 0.15) is 0 Å². The summed E-state index contributed by atoms with van der Waals surface area (Å²) in [6.45, 7) is 27.2. The van der Waals surface area contributed by atoms with Crippen LogP contribution >= 0.6 is 79.6 Å². The fourth-order valence-corrected chi connectivity index (χ4v) is 22.8. The van der Waals surface area contributed by atoms with Crippen molar-refractivity contribution in [2.45, 2.75) is 225 Å². The average molecular weight is 1300 g/mol. The topological polar surface area (TPSA) is 90.4 Å². The Labute approximate surface area is 551 Å². The second kappa shape index (κ2) is 28.3. The summed E-state index contributed by atoms with van der Waals surface area (Å²) in [6, 6.07) is 18.0. The largest absolute Gasteiger partial charge is 0.288 e. The van der Waals surface area contributed by atoms with Gasteiger partial charge in [-0.2, -0.15) is 0 Å². The first-order valence-corrected chi connectivity index (χ1v) is 38.0. The number of nitrogens with zero attached hydrogens (tertiary/aromatic N) is 4. The van der Waals surface area contributed by atoms with E-state index in [1.54, 1.807) is 28.7 Å². The Morgan fingerprint density at radius 2 is 0.841 bits per heavy atom. The second-order valence-corrected chi connectivity index (χ2v) is 32.2. The number of fused-ring (bicyclic) bond motifs is 12. The lowest BCUT2D eigenvalue weighted by Crippen LogP contribution is -2.27. The lowest BCUT2D eigenvalue weighted by molar-refractivity contribution is 0.103. The molecule has 0 unspecified atom stereocenters. The number of thiophene rings is 6. The van der Waals surface area contributed by atoms with E-state index >= 15 is 0 Å². The van der Waals surface area contributed by atoms with Gasteiger partial charge in [-0.1, -0.05) is 193 Å². The Hall–Kier alpha value is -5.51. The average Bonchev–Trinajstić information content (AvgIpc) is 1.58. The highest BCUT2D eigenvalue weighted by Gasteiger charge is 2.51. The lowest BCUT2D eigenvalue weighted by atomic mass is 9.68. The molecule has 0 saturated carbocycles. The maximum atomic E-state index is 14.4. The van der Waals surface area contributed by atoms with Gasteiger partial charge >= 0.3 is 0 Å². The van der Waals surface area contributed by atoms with Crippen LogP contribution in [0.4, 0.5) is 0 Å². The zero-order chi connectivity index (χ0) is 61.7. The Kier molecular flexibility index (Phi) is 20.6. The molecule has 1 aromatic carbocycles. The van der Waals surface area contributed by atoms with Crippen molar-refractivity contribution in [3.63, 3.8) is 0 Å². The van der Waals surface area contributed by atoms with E-state index in [4.69, 9.17) is 24.7 Å². The predicted molar refractivity (Wildman–Crippen MR) is 379 cm³/mol. The third kappa shape index (κ3) is 11.9. The Bertz CT molecular complexity index is 3820. The predicted octanol–water partition coefficient (Wildman–Crippen LogP) is 25.7. The summed E-state index contributed by atoms with van der Waals surface area (Å²) in [5.74, 6) is -0.276. The van der Waals surface area contributed by atoms with Gasteiger partial charge in [0.05, 0.1) is 48.8 Å². The molecule has 0 N–H and O–H groups in total. The number of carbonyl (C=O) groups is 2. The molecule has 6 aromatic heterocycles. The minimum atomic E-state index is -0.221. The first kappa shape index (κ1) is 64.0. The van der Waals surface area contributed by atoms with Gasteiger partial charge in [0.15, 0.2) is 0 Å². The Balaban J connectivity index is 1.10. The molecule has 88 heavy (non-hydrogen) atoms. The van der Waals surface area contributed by atoms with Crippen LogP contribution in [0.1, 0.15) is 275 Å². The fourth-order valence-electron chi connectivity index (χ4n) is 15.0. The zero-order valence-electron chi connectivity index (χ0n) is 51.9. The van der Waals surface area contributed by atoms with Gasteiger partial charge in [0, 0.05) is 66.9 Å². The van der Waals surface area contributed by atoms with E-state index in [0.29, 0.717) is 47.5 Å². The van der Waals surface area contributed by atoms with Gasteiger partial charge in [-0.25, -0.2) is 20.2 Å². The van der Waals surface area contributed by atoms with Gasteiger partial charge < -0.3 is 0 Å². The SMILES string of the molecule is [C-]#[N+]/C(C#N)=C1/C(=Cc2cc3sc4c(c3s2)C(CCCCCCCC)(CCCCCCCC)c2cc3c(cc2-4)C(CCCCCCCC)(CCCCCCCC)c2c-3sc3cc(C=C4C(=O)c5sc(C)cc5/C4=C(\C#N)[N+]#[C-])sc23)C(=O)c2sc(Cl)cc21. The van der Waals surface area contributed by atoms with Crippen molar-refractivity contribution in [1.29, 1.82) is 10.5 Å². The summed E-state index contributed by atoms with van der Waals surface area (Å²) >= 11 is 16.6. The summed E-state index contributed by atoms with van der Waals surface area (Å²) in [6.07, 6.45) is 37.6. The van der Waals surface area contributed by atoms with Gasteiger partial charge in [-0.05, 0) is 126 Å². The summed E-state index contributed by atoms with van der Waals surface area (Å²) in [5, 5.41) is 20.5. The van der Waals surface area contributed by atoms with E-state index in [1.165, 1.54) is 213 Å². The van der Waals surface area contributed by atoms with Crippen molar-refractivity contribution in [3.05, 3.63) is 144 Å². The van der Waals surface area contributed by atoms with Crippen molar-refractivity contribution in [3.8, 4) is 33.0 Å². The van der Waals surface area contributed by atoms with Crippen LogP contribution in [-0.4, -0.2) is 11.6 Å². The molecule has 0 saturated heterocycles. The lowest BCUT2D eigenvalue weighted by Gasteiger charge is -2.35. The molecular weight excluding hydrogens is 1220 g/mol. The number of carbonyl (C=O) groups excluding carboxylic acids is 2. The second-order valence-electron chi connectivity index (χ2n) is 25.0. The minimum absolute atomic E-state index is 0.0329. The van der Waals surface area contributed by atoms with E-state index in [-0.39, 0.29) is 33.8 Å². The number of ketones is 2. The van der Waals surface area contributed by atoms with Gasteiger partial charge in [-0.3, -0.25) is 9.59 Å². The Morgan fingerprint density at radius 1 is 0.477 bits per heavy atom. The Morgan fingerprint density at radius 3 is 1.22 bits per heavy atom. The van der Waals surface area contributed by atoms with Crippen molar-refractivity contribution < 1.29 is 9.59 Å². The number of benzene rings is 1. The number of hydrogen-bond acceptors (Lipinski definition) is 10. The summed E-state index contributed by atoms with van der Waals surface area (Å²) in [4.78, 5) is 42.8. The van der Waals surface area contributed by atoms with E-state index in [1.807, 2.05) is 47.8 Å². The molecule has 0 atom stereocenters. The zero-order valence-corrected chi connectivity index (χ0v) is 57.5. The monoisotopic (exact) mass is 1290 g/mol. The number of allylic oxidation sites excluding steroid dienone is 6. The molecule has 0 radical (unpaired) electrons. The standard InChI is InChI=1S/C75H79ClN4O2S6/c1-8-12-16-20-24-28-32-74(33-29-25-21-17-13-9-2)55-42-50-56(41-49(55)68-64(74)72-59(86-68)39-47(84-72)37-51-62(57(44-77)79-6)53-36-46(5)83-70(53)66(51)81)75(34-30-26-22-18-14-10-3,35-31-27-23-19-15-11-4)65-69(50)87-60-40-48(85-73(60)65)38-52-63(58(45-78)80-7)54-43-61(76)88-71(54)67(52)82/h36-43H,8-35H2,1-5H3/b51-37?,52-38?,62-57+,63-58-. The molecule has 0 bridgehead atoms. The van der Waals surface area contributed by atoms with Crippen LogP contribution in [0, 0.1) is 42.7 Å². The number of hydrogen-bond donors (Lipinski definition) is 0. The van der Waals surface area contributed by atoms with Crippen molar-refractivity contribution in [2.75, 3.05) is 0 Å². The van der Waals surface area contributed by atoms with Crippen LogP contribution in [0.15, 0.2) is 58.9 Å².